The number of aliphatic carboxylic acids is 1. The van der Waals surface area contributed by atoms with Gasteiger partial charge in [0.25, 0.3) is 5.91 Å². The maximum Gasteiger partial charge on any atom is 0.334 e. The van der Waals surface area contributed by atoms with Crippen molar-refractivity contribution in [3.8, 4) is 5.75 Å². The van der Waals surface area contributed by atoms with Gasteiger partial charge >= 0.3 is 5.97 Å². The molecule has 7 nitrogen and oxygen atoms in total. The van der Waals surface area contributed by atoms with Crippen LogP contribution in [0.4, 0.5) is 0 Å². The van der Waals surface area contributed by atoms with Crippen molar-refractivity contribution in [3.05, 3.63) is 29.8 Å². The lowest BCUT2D eigenvalue weighted by Gasteiger charge is -2.12. The smallest absolute Gasteiger partial charge is 0.334 e. The topological polar surface area (TPSA) is 94.1 Å². The highest BCUT2D eigenvalue weighted by atomic mass is 16.5. The number of amides is 1. The fourth-order valence-corrected chi connectivity index (χ4v) is 1.53. The Labute approximate surface area is 122 Å². The van der Waals surface area contributed by atoms with Crippen LogP contribution in [0.15, 0.2) is 24.3 Å². The molecule has 2 N–H and O–H groups in total. The van der Waals surface area contributed by atoms with Crippen LogP contribution in [0.5, 0.6) is 5.75 Å². The average molecular weight is 297 g/mol. The van der Waals surface area contributed by atoms with Crippen molar-refractivity contribution in [1.29, 1.82) is 0 Å². The number of benzene rings is 1. The number of carbonyl (C=O) groups excluding carboxylic acids is 1. The zero-order valence-electron chi connectivity index (χ0n) is 12.0. The standard InChI is InChI=1S/C14H19NO6/c1-19-6-7-21-11-5-3-4-10(8-11)13(16)15-9-12(20-2)14(17)18/h3-5,8,12H,6-7,9H2,1-2H3,(H,15,16)(H,17,18). The molecule has 0 aromatic heterocycles. The van der Waals surface area contributed by atoms with E-state index in [-0.39, 0.29) is 6.54 Å². The van der Waals surface area contributed by atoms with Crippen LogP contribution < -0.4 is 10.1 Å². The number of carboxylic acids is 1. The maximum atomic E-state index is 11.9. The molecule has 1 atom stereocenters. The van der Waals surface area contributed by atoms with E-state index in [0.29, 0.717) is 24.5 Å². The predicted molar refractivity (Wildman–Crippen MR) is 74.6 cm³/mol. The molecule has 21 heavy (non-hydrogen) atoms. The number of nitrogens with one attached hydrogen (secondary N) is 1. The van der Waals surface area contributed by atoms with E-state index in [2.05, 4.69) is 5.32 Å². The monoisotopic (exact) mass is 297 g/mol. The van der Waals surface area contributed by atoms with E-state index < -0.39 is 18.0 Å². The van der Waals surface area contributed by atoms with E-state index in [1.54, 1.807) is 31.4 Å². The first kappa shape index (κ1) is 16.9. The van der Waals surface area contributed by atoms with E-state index in [4.69, 9.17) is 19.3 Å². The van der Waals surface area contributed by atoms with Crippen molar-refractivity contribution in [3.63, 3.8) is 0 Å². The quantitative estimate of drug-likeness (QED) is 0.646. The van der Waals surface area contributed by atoms with Crippen molar-refractivity contribution in [1.82, 2.24) is 5.32 Å². The second kappa shape index (κ2) is 8.93. The van der Waals surface area contributed by atoms with Gasteiger partial charge in [0.05, 0.1) is 13.2 Å². The summed E-state index contributed by atoms with van der Waals surface area (Å²) in [5.41, 5.74) is 0.380. The molecule has 1 aromatic rings. The Balaban J connectivity index is 2.57. The van der Waals surface area contributed by atoms with Crippen LogP contribution in [0.1, 0.15) is 10.4 Å². The molecule has 1 rings (SSSR count). The molecule has 0 heterocycles. The summed E-state index contributed by atoms with van der Waals surface area (Å²) in [7, 11) is 2.84. The lowest BCUT2D eigenvalue weighted by Crippen LogP contribution is -2.37. The van der Waals surface area contributed by atoms with Gasteiger partial charge in [-0.15, -0.1) is 0 Å². The third-order valence-electron chi connectivity index (χ3n) is 2.66. The summed E-state index contributed by atoms with van der Waals surface area (Å²) in [5.74, 6) is -0.980. The lowest BCUT2D eigenvalue weighted by molar-refractivity contribution is -0.148. The van der Waals surface area contributed by atoms with Crippen LogP contribution >= 0.6 is 0 Å². The van der Waals surface area contributed by atoms with Gasteiger partial charge in [-0.1, -0.05) is 6.07 Å². The van der Waals surface area contributed by atoms with Crippen molar-refractivity contribution >= 4 is 11.9 Å². The minimum atomic E-state index is -1.13. The largest absolute Gasteiger partial charge is 0.491 e. The normalized spacial score (nSPS) is 11.7. The highest BCUT2D eigenvalue weighted by molar-refractivity contribution is 5.94. The Hall–Kier alpha value is -2.12. The van der Waals surface area contributed by atoms with E-state index in [0.717, 1.165) is 0 Å². The van der Waals surface area contributed by atoms with Gasteiger partial charge in [-0.2, -0.15) is 0 Å². The second-order valence-corrected chi connectivity index (χ2v) is 4.14. The number of hydrogen-bond donors (Lipinski definition) is 2. The van der Waals surface area contributed by atoms with Crippen LogP contribution in [0.25, 0.3) is 0 Å². The molecule has 116 valence electrons. The summed E-state index contributed by atoms with van der Waals surface area (Å²) >= 11 is 0. The molecule has 0 aliphatic heterocycles. The molecule has 0 saturated heterocycles. The van der Waals surface area contributed by atoms with Crippen LogP contribution in [0, 0.1) is 0 Å². The molecule has 1 aromatic carbocycles. The Kier molecular flexibility index (Phi) is 7.20. The summed E-state index contributed by atoms with van der Waals surface area (Å²) in [5, 5.41) is 11.3. The third kappa shape index (κ3) is 5.80. The van der Waals surface area contributed by atoms with Gasteiger partial charge in [0, 0.05) is 19.8 Å². The zero-order chi connectivity index (χ0) is 15.7. The van der Waals surface area contributed by atoms with Gasteiger partial charge in [-0.05, 0) is 18.2 Å². The van der Waals surface area contributed by atoms with Gasteiger partial charge in [0.1, 0.15) is 12.4 Å². The number of methoxy groups -OCH3 is 2. The zero-order valence-corrected chi connectivity index (χ0v) is 12.0. The summed E-state index contributed by atoms with van der Waals surface area (Å²) in [4.78, 5) is 22.7. The van der Waals surface area contributed by atoms with Crippen LogP contribution in [-0.4, -0.2) is 57.1 Å². The fraction of sp³-hybridized carbons (Fsp3) is 0.429. The van der Waals surface area contributed by atoms with E-state index in [9.17, 15) is 9.59 Å². The molecule has 0 aliphatic carbocycles. The molecular weight excluding hydrogens is 278 g/mol. The Morgan fingerprint density at radius 3 is 2.67 bits per heavy atom. The van der Waals surface area contributed by atoms with Crippen LogP contribution in [0.3, 0.4) is 0 Å². The highest BCUT2D eigenvalue weighted by Crippen LogP contribution is 2.13. The molecule has 0 aliphatic rings. The molecule has 0 bridgehead atoms. The first-order valence-corrected chi connectivity index (χ1v) is 6.34. The molecule has 0 radical (unpaired) electrons. The summed E-state index contributed by atoms with van der Waals surface area (Å²) in [6, 6.07) is 6.60. The van der Waals surface area contributed by atoms with Crippen LogP contribution in [-0.2, 0) is 14.3 Å². The maximum absolute atomic E-state index is 11.9. The first-order chi connectivity index (χ1) is 10.1. The Bertz CT molecular complexity index is 476. The minimum absolute atomic E-state index is 0.112. The highest BCUT2D eigenvalue weighted by Gasteiger charge is 2.17. The summed E-state index contributed by atoms with van der Waals surface area (Å²) in [6.45, 7) is 0.719. The van der Waals surface area contributed by atoms with Crippen molar-refractivity contribution < 1.29 is 28.9 Å². The van der Waals surface area contributed by atoms with Gasteiger partial charge in [-0.25, -0.2) is 4.79 Å². The van der Waals surface area contributed by atoms with Gasteiger partial charge in [0.15, 0.2) is 6.10 Å². The fourth-order valence-electron chi connectivity index (χ4n) is 1.53. The first-order valence-electron chi connectivity index (χ1n) is 6.34. The number of carbonyl (C=O) groups is 2. The molecule has 1 amide bonds. The molecule has 7 heteroatoms. The van der Waals surface area contributed by atoms with Crippen LogP contribution in [0.2, 0.25) is 0 Å². The van der Waals surface area contributed by atoms with E-state index in [1.807, 2.05) is 0 Å². The van der Waals surface area contributed by atoms with E-state index >= 15 is 0 Å². The Morgan fingerprint density at radius 2 is 2.05 bits per heavy atom. The van der Waals surface area contributed by atoms with Gasteiger partial charge in [-0.3, -0.25) is 4.79 Å². The number of hydrogen-bond acceptors (Lipinski definition) is 5. The lowest BCUT2D eigenvalue weighted by atomic mass is 10.2. The number of ether oxygens (including phenoxy) is 3. The molecule has 0 spiro atoms. The SMILES string of the molecule is COCCOc1cccc(C(=O)NCC(OC)C(=O)O)c1. The molecular formula is C14H19NO6. The van der Waals surface area contributed by atoms with Crippen molar-refractivity contribution in [2.75, 3.05) is 34.0 Å². The molecule has 1 unspecified atom stereocenters. The molecule has 0 fully saturated rings. The van der Waals surface area contributed by atoms with Crippen molar-refractivity contribution in [2.24, 2.45) is 0 Å². The van der Waals surface area contributed by atoms with Crippen molar-refractivity contribution in [2.45, 2.75) is 6.10 Å². The second-order valence-electron chi connectivity index (χ2n) is 4.14. The van der Waals surface area contributed by atoms with Gasteiger partial charge in [0.2, 0.25) is 0 Å². The Morgan fingerprint density at radius 1 is 1.29 bits per heavy atom. The molecule has 0 saturated carbocycles. The van der Waals surface area contributed by atoms with E-state index in [1.165, 1.54) is 7.11 Å². The average Bonchev–Trinajstić information content (AvgIpc) is 2.48. The predicted octanol–water partition coefficient (Wildman–Crippen LogP) is 0.541. The third-order valence-corrected chi connectivity index (χ3v) is 2.66. The number of rotatable bonds is 9. The summed E-state index contributed by atoms with van der Waals surface area (Å²) < 4.78 is 15.0. The van der Waals surface area contributed by atoms with Gasteiger partial charge < -0.3 is 24.6 Å². The number of carboxylic acid groups (broad SMARTS) is 1. The summed E-state index contributed by atoms with van der Waals surface area (Å²) in [6.07, 6.45) is -1.07. The minimum Gasteiger partial charge on any atom is -0.491 e.